The number of benzene rings is 2. The minimum Gasteiger partial charge on any atom is -0.290 e. The summed E-state index contributed by atoms with van der Waals surface area (Å²) in [6.45, 7) is 1.81. The quantitative estimate of drug-likeness (QED) is 0.276. The van der Waals surface area contributed by atoms with Crippen molar-refractivity contribution in [3.05, 3.63) is 81.9 Å². The van der Waals surface area contributed by atoms with Crippen LogP contribution in [-0.2, 0) is 16.0 Å². The van der Waals surface area contributed by atoms with Crippen LogP contribution in [0.5, 0.6) is 0 Å². The number of anilines is 1. The number of imide groups is 1. The largest absolute Gasteiger partial charge is 0.290 e. The fourth-order valence-corrected chi connectivity index (χ4v) is 6.38. The van der Waals surface area contributed by atoms with Crippen LogP contribution in [0.1, 0.15) is 29.3 Å². The molecule has 7 rings (SSSR count). The van der Waals surface area contributed by atoms with E-state index in [0.717, 1.165) is 18.4 Å². The third-order valence-corrected chi connectivity index (χ3v) is 8.24. The van der Waals surface area contributed by atoms with E-state index in [2.05, 4.69) is 12.2 Å². The summed E-state index contributed by atoms with van der Waals surface area (Å²) in [5.74, 6) is -0.450. The Hall–Kier alpha value is -3.81. The van der Waals surface area contributed by atoms with E-state index in [1.54, 1.807) is 12.1 Å². The van der Waals surface area contributed by atoms with E-state index in [1.165, 1.54) is 34.1 Å². The Morgan fingerprint density at radius 3 is 2.23 bits per heavy atom. The van der Waals surface area contributed by atoms with E-state index in [1.807, 2.05) is 19.1 Å². The van der Waals surface area contributed by atoms with Gasteiger partial charge >= 0.3 is 0 Å². The van der Waals surface area contributed by atoms with Gasteiger partial charge in [-0.05, 0) is 60.3 Å². The number of carbonyl (C=O) groups is 3. The molecule has 0 aromatic heterocycles. The molecule has 1 heterocycles. The zero-order valence-electron chi connectivity index (χ0n) is 19.2. The fourth-order valence-electron chi connectivity index (χ4n) is 6.38. The highest BCUT2D eigenvalue weighted by atomic mass is 16.6. The second-order valence-electron chi connectivity index (χ2n) is 9.96. The molecule has 0 spiro atoms. The number of carbonyl (C=O) groups excluding carboxylic acids is 3. The molecule has 6 atom stereocenters. The molecule has 35 heavy (non-hydrogen) atoms. The lowest BCUT2D eigenvalue weighted by molar-refractivity contribution is -0.384. The van der Waals surface area contributed by atoms with Crippen LogP contribution in [0.4, 0.5) is 11.4 Å². The molecule has 2 aromatic carbocycles. The highest BCUT2D eigenvalue weighted by Crippen LogP contribution is 2.65. The Morgan fingerprint density at radius 2 is 1.66 bits per heavy atom. The standard InChI is InChI=1S/C27H25N3O5/c1-2-15-6-8-17(9-7-15)28(25(31)16-4-3-5-18(12-16)30(34)35)14-29-26(32)23-19-10-11-20(22-13-21(19)22)24(23)27(29)33/h3-12,19-24H,2,13-14H2,1H3. The summed E-state index contributed by atoms with van der Waals surface area (Å²) >= 11 is 0. The lowest BCUT2D eigenvalue weighted by atomic mass is 9.63. The zero-order valence-corrected chi connectivity index (χ0v) is 19.2. The lowest BCUT2D eigenvalue weighted by Crippen LogP contribution is -2.45. The molecular formula is C27H25N3O5. The SMILES string of the molecule is CCc1ccc(N(CN2C(=O)C3C4C=CC(C5CC45)C3C2=O)C(=O)c2cccc([N+](=O)[O-])c2)cc1. The summed E-state index contributed by atoms with van der Waals surface area (Å²) < 4.78 is 0. The van der Waals surface area contributed by atoms with Gasteiger partial charge in [-0.25, -0.2) is 0 Å². The van der Waals surface area contributed by atoms with Crippen molar-refractivity contribution in [2.45, 2.75) is 19.8 Å². The summed E-state index contributed by atoms with van der Waals surface area (Å²) in [7, 11) is 0. The van der Waals surface area contributed by atoms with Gasteiger partial charge in [-0.3, -0.25) is 34.3 Å². The number of hydrogen-bond acceptors (Lipinski definition) is 5. The molecule has 0 N–H and O–H groups in total. The topological polar surface area (TPSA) is 101 Å². The van der Waals surface area contributed by atoms with Gasteiger partial charge < -0.3 is 0 Å². The highest BCUT2D eigenvalue weighted by molar-refractivity contribution is 6.10. The number of hydrogen-bond donors (Lipinski definition) is 0. The van der Waals surface area contributed by atoms with Gasteiger partial charge in [0.15, 0.2) is 0 Å². The molecule has 1 aliphatic heterocycles. The molecule has 2 saturated carbocycles. The average molecular weight is 472 g/mol. The Balaban J connectivity index is 1.34. The maximum absolute atomic E-state index is 13.6. The Kier molecular flexibility index (Phi) is 4.88. The van der Waals surface area contributed by atoms with Crippen LogP contribution in [0.2, 0.25) is 0 Å². The van der Waals surface area contributed by atoms with Gasteiger partial charge in [-0.2, -0.15) is 0 Å². The lowest BCUT2D eigenvalue weighted by Gasteiger charge is -2.37. The number of nitro benzene ring substituents is 1. The van der Waals surface area contributed by atoms with Gasteiger partial charge in [-0.1, -0.05) is 37.3 Å². The number of nitrogens with zero attached hydrogens (tertiary/aromatic N) is 3. The van der Waals surface area contributed by atoms with E-state index in [-0.39, 0.29) is 53.4 Å². The molecule has 5 aliphatic rings. The van der Waals surface area contributed by atoms with Crippen LogP contribution in [0.15, 0.2) is 60.7 Å². The van der Waals surface area contributed by atoms with Crippen LogP contribution >= 0.6 is 0 Å². The van der Waals surface area contributed by atoms with Crippen LogP contribution in [0.3, 0.4) is 0 Å². The predicted octanol–water partition coefficient (Wildman–Crippen LogP) is 3.81. The van der Waals surface area contributed by atoms with Gasteiger partial charge in [0.2, 0.25) is 11.8 Å². The number of likely N-dealkylation sites (tertiary alicyclic amines) is 1. The molecule has 1 saturated heterocycles. The first kappa shape index (κ1) is 21.7. The first-order valence-electron chi connectivity index (χ1n) is 12.1. The first-order chi connectivity index (χ1) is 16.9. The van der Waals surface area contributed by atoms with Gasteiger partial charge in [-0.15, -0.1) is 0 Å². The molecule has 4 aliphatic carbocycles. The summed E-state index contributed by atoms with van der Waals surface area (Å²) in [5, 5.41) is 11.3. The smallest absolute Gasteiger partial charge is 0.270 e. The van der Waals surface area contributed by atoms with Crippen molar-refractivity contribution in [2.75, 3.05) is 11.6 Å². The number of aryl methyl sites for hydroxylation is 1. The molecule has 3 amide bonds. The average Bonchev–Trinajstić information content (AvgIpc) is 3.67. The molecule has 2 aromatic rings. The van der Waals surface area contributed by atoms with Crippen molar-refractivity contribution in [3.63, 3.8) is 0 Å². The van der Waals surface area contributed by atoms with Gasteiger partial charge in [0.1, 0.15) is 6.67 Å². The first-order valence-corrected chi connectivity index (χ1v) is 12.1. The minimum absolute atomic E-state index is 0.0983. The molecule has 0 radical (unpaired) electrons. The normalized spacial score (nSPS) is 29.7. The van der Waals surface area contributed by atoms with E-state index in [0.29, 0.717) is 17.5 Å². The molecule has 2 bridgehead atoms. The van der Waals surface area contributed by atoms with E-state index in [9.17, 15) is 24.5 Å². The second kappa shape index (κ2) is 7.86. The molecular weight excluding hydrogens is 446 g/mol. The summed E-state index contributed by atoms with van der Waals surface area (Å²) in [6, 6.07) is 12.9. The Bertz CT molecular complexity index is 1250. The third kappa shape index (κ3) is 3.31. The molecule has 6 unspecified atom stereocenters. The van der Waals surface area contributed by atoms with Crippen molar-refractivity contribution in [3.8, 4) is 0 Å². The maximum atomic E-state index is 13.6. The van der Waals surface area contributed by atoms with Crippen LogP contribution in [-0.4, -0.2) is 34.2 Å². The van der Waals surface area contributed by atoms with Crippen LogP contribution in [0, 0.1) is 45.6 Å². The molecule has 8 heteroatoms. The van der Waals surface area contributed by atoms with E-state index >= 15 is 0 Å². The van der Waals surface area contributed by atoms with Gasteiger partial charge in [0.25, 0.3) is 11.6 Å². The molecule has 3 fully saturated rings. The number of non-ortho nitro benzene ring substituents is 1. The molecule has 8 nitrogen and oxygen atoms in total. The summed E-state index contributed by atoms with van der Waals surface area (Å²) in [4.78, 5) is 54.0. The van der Waals surface area contributed by atoms with E-state index < -0.39 is 10.8 Å². The second-order valence-corrected chi connectivity index (χ2v) is 9.96. The highest BCUT2D eigenvalue weighted by Gasteiger charge is 2.67. The minimum atomic E-state index is -0.552. The van der Waals surface area contributed by atoms with Crippen molar-refractivity contribution in [1.82, 2.24) is 4.90 Å². The number of allylic oxidation sites excluding steroid dienone is 2. The number of amides is 3. The monoisotopic (exact) mass is 471 g/mol. The van der Waals surface area contributed by atoms with Crippen molar-refractivity contribution in [2.24, 2.45) is 35.5 Å². The number of nitro groups is 1. The van der Waals surface area contributed by atoms with Gasteiger partial charge in [0, 0.05) is 23.4 Å². The van der Waals surface area contributed by atoms with Crippen LogP contribution < -0.4 is 4.90 Å². The zero-order chi connectivity index (χ0) is 24.4. The van der Waals surface area contributed by atoms with Crippen molar-refractivity contribution >= 4 is 29.1 Å². The van der Waals surface area contributed by atoms with E-state index in [4.69, 9.17) is 0 Å². The third-order valence-electron chi connectivity index (χ3n) is 8.24. The maximum Gasteiger partial charge on any atom is 0.270 e. The predicted molar refractivity (Wildman–Crippen MR) is 127 cm³/mol. The summed E-state index contributed by atoms with van der Waals surface area (Å²) in [6.07, 6.45) is 6.13. The number of rotatable bonds is 6. The van der Waals surface area contributed by atoms with Gasteiger partial charge in [0.05, 0.1) is 16.8 Å². The van der Waals surface area contributed by atoms with Crippen molar-refractivity contribution < 1.29 is 19.3 Å². The Morgan fingerprint density at radius 1 is 1.03 bits per heavy atom. The van der Waals surface area contributed by atoms with Crippen molar-refractivity contribution in [1.29, 1.82) is 0 Å². The fraction of sp³-hybridized carbons (Fsp3) is 0.370. The molecule has 178 valence electrons. The Labute approximate surface area is 202 Å². The summed E-state index contributed by atoms with van der Waals surface area (Å²) in [5.41, 5.74) is 1.53. The van der Waals surface area contributed by atoms with Crippen LogP contribution in [0.25, 0.3) is 0 Å².